The molecule has 0 saturated heterocycles. The van der Waals surface area contributed by atoms with Gasteiger partial charge in [0.15, 0.2) is 0 Å². The highest BCUT2D eigenvalue weighted by molar-refractivity contribution is 5.52. The molecule has 1 N–H and O–H groups in total. The molecule has 0 aliphatic heterocycles. The molecule has 0 bridgehead atoms. The summed E-state index contributed by atoms with van der Waals surface area (Å²) in [6.07, 6.45) is 0. The van der Waals surface area contributed by atoms with Gasteiger partial charge in [0.05, 0.1) is 0 Å². The Kier molecular flexibility index (Phi) is 1.92. The molecule has 4 nitrogen and oxygen atoms in total. The number of aromatic nitrogens is 2. The molecule has 5 heteroatoms. The standard InChI is InChI=1S/C9H7FN2O2/c1-5-2-3-6(4-7(5)10)8-11-12-9(13)14-8/h2-4H,1H3,(H,12,13). The van der Waals surface area contributed by atoms with Crippen molar-refractivity contribution >= 4 is 0 Å². The maximum atomic E-state index is 13.1. The van der Waals surface area contributed by atoms with Crippen molar-refractivity contribution in [3.05, 3.63) is 40.1 Å². The topological polar surface area (TPSA) is 58.9 Å². The Balaban J connectivity index is 2.52. The summed E-state index contributed by atoms with van der Waals surface area (Å²) < 4.78 is 17.8. The monoisotopic (exact) mass is 194 g/mol. The van der Waals surface area contributed by atoms with Crippen LogP contribution in [0.1, 0.15) is 5.56 Å². The summed E-state index contributed by atoms with van der Waals surface area (Å²) >= 11 is 0. The minimum absolute atomic E-state index is 0.0916. The zero-order valence-corrected chi connectivity index (χ0v) is 7.37. The fourth-order valence-electron chi connectivity index (χ4n) is 1.08. The molecular weight excluding hydrogens is 187 g/mol. The van der Waals surface area contributed by atoms with Crippen LogP contribution in [0.5, 0.6) is 0 Å². The molecule has 14 heavy (non-hydrogen) atoms. The van der Waals surface area contributed by atoms with Crippen LogP contribution in [0.4, 0.5) is 4.39 Å². The average molecular weight is 194 g/mol. The molecule has 0 fully saturated rings. The molecule has 0 aliphatic rings. The van der Waals surface area contributed by atoms with E-state index in [1.165, 1.54) is 6.07 Å². The van der Waals surface area contributed by atoms with Crippen molar-refractivity contribution in [2.24, 2.45) is 0 Å². The van der Waals surface area contributed by atoms with E-state index in [2.05, 4.69) is 14.6 Å². The lowest BCUT2D eigenvalue weighted by Crippen LogP contribution is -1.93. The van der Waals surface area contributed by atoms with Crippen molar-refractivity contribution < 1.29 is 8.81 Å². The number of hydrogen-bond acceptors (Lipinski definition) is 3. The molecule has 1 aromatic carbocycles. The fraction of sp³-hybridized carbons (Fsp3) is 0.111. The van der Waals surface area contributed by atoms with Crippen molar-refractivity contribution in [2.75, 3.05) is 0 Å². The summed E-state index contributed by atoms with van der Waals surface area (Å²) in [6, 6.07) is 4.51. The van der Waals surface area contributed by atoms with E-state index in [1.54, 1.807) is 19.1 Å². The van der Waals surface area contributed by atoms with Crippen LogP contribution in [0.15, 0.2) is 27.4 Å². The maximum Gasteiger partial charge on any atom is 0.434 e. The zero-order chi connectivity index (χ0) is 10.1. The van der Waals surface area contributed by atoms with E-state index in [9.17, 15) is 9.18 Å². The summed E-state index contributed by atoms with van der Waals surface area (Å²) in [5.41, 5.74) is 0.970. The molecule has 2 aromatic rings. The van der Waals surface area contributed by atoms with E-state index < -0.39 is 5.76 Å². The number of benzene rings is 1. The van der Waals surface area contributed by atoms with E-state index in [0.717, 1.165) is 0 Å². The quantitative estimate of drug-likeness (QED) is 0.747. The number of aryl methyl sites for hydroxylation is 1. The Hall–Kier alpha value is -1.91. The number of aromatic amines is 1. The normalized spacial score (nSPS) is 10.4. The Labute approximate surface area is 78.4 Å². The SMILES string of the molecule is Cc1ccc(-c2n[nH]c(=O)o2)cc1F. The number of halogens is 1. The van der Waals surface area contributed by atoms with E-state index in [-0.39, 0.29) is 11.7 Å². The van der Waals surface area contributed by atoms with E-state index in [4.69, 9.17) is 0 Å². The highest BCUT2D eigenvalue weighted by atomic mass is 19.1. The predicted octanol–water partition coefficient (Wildman–Crippen LogP) is 1.48. The Bertz CT molecular complexity index is 516. The van der Waals surface area contributed by atoms with Gasteiger partial charge >= 0.3 is 5.76 Å². The van der Waals surface area contributed by atoms with Gasteiger partial charge in [-0.15, -0.1) is 5.10 Å². The summed E-state index contributed by atoms with van der Waals surface area (Å²) in [5, 5.41) is 5.69. The minimum Gasteiger partial charge on any atom is -0.388 e. The first-order valence-corrected chi connectivity index (χ1v) is 3.99. The van der Waals surface area contributed by atoms with Crippen molar-refractivity contribution in [2.45, 2.75) is 6.92 Å². The van der Waals surface area contributed by atoms with Gasteiger partial charge in [0.1, 0.15) is 5.82 Å². The number of hydrogen-bond donors (Lipinski definition) is 1. The van der Waals surface area contributed by atoms with E-state index >= 15 is 0 Å². The summed E-state index contributed by atoms with van der Waals surface area (Å²) in [4.78, 5) is 10.6. The largest absolute Gasteiger partial charge is 0.434 e. The second kappa shape index (κ2) is 3.10. The molecule has 0 aliphatic carbocycles. The van der Waals surface area contributed by atoms with Gasteiger partial charge in [0, 0.05) is 5.56 Å². The Morgan fingerprint density at radius 1 is 1.50 bits per heavy atom. The van der Waals surface area contributed by atoms with Crippen LogP contribution < -0.4 is 5.76 Å². The molecule has 0 radical (unpaired) electrons. The molecule has 0 amide bonds. The van der Waals surface area contributed by atoms with Gasteiger partial charge in [0.2, 0.25) is 5.89 Å². The smallest absolute Gasteiger partial charge is 0.388 e. The van der Waals surface area contributed by atoms with Crippen molar-refractivity contribution in [3.8, 4) is 11.5 Å². The van der Waals surface area contributed by atoms with Gasteiger partial charge in [-0.25, -0.2) is 14.3 Å². The Morgan fingerprint density at radius 2 is 2.29 bits per heavy atom. The van der Waals surface area contributed by atoms with Crippen LogP contribution in [0.3, 0.4) is 0 Å². The molecule has 1 heterocycles. The Morgan fingerprint density at radius 3 is 2.86 bits per heavy atom. The van der Waals surface area contributed by atoms with Crippen molar-refractivity contribution in [3.63, 3.8) is 0 Å². The van der Waals surface area contributed by atoms with Crippen molar-refractivity contribution in [1.29, 1.82) is 0 Å². The summed E-state index contributed by atoms with van der Waals surface area (Å²) in [7, 11) is 0. The van der Waals surface area contributed by atoms with Gasteiger partial charge in [-0.2, -0.15) is 0 Å². The van der Waals surface area contributed by atoms with Gasteiger partial charge in [-0.05, 0) is 24.6 Å². The number of H-pyrrole nitrogens is 1. The summed E-state index contributed by atoms with van der Waals surface area (Å²) in [5.74, 6) is -0.914. The lowest BCUT2D eigenvalue weighted by atomic mass is 10.1. The first-order chi connectivity index (χ1) is 6.66. The third kappa shape index (κ3) is 1.44. The third-order valence-corrected chi connectivity index (χ3v) is 1.86. The second-order valence-electron chi connectivity index (χ2n) is 2.88. The van der Waals surface area contributed by atoms with Crippen LogP contribution >= 0.6 is 0 Å². The van der Waals surface area contributed by atoms with Crippen LogP contribution in [-0.4, -0.2) is 10.2 Å². The van der Waals surface area contributed by atoms with Crippen molar-refractivity contribution in [1.82, 2.24) is 10.2 Å². The molecule has 1 aromatic heterocycles. The highest BCUT2D eigenvalue weighted by Crippen LogP contribution is 2.17. The van der Waals surface area contributed by atoms with Crippen LogP contribution in [-0.2, 0) is 0 Å². The first kappa shape index (κ1) is 8.68. The number of nitrogens with one attached hydrogen (secondary N) is 1. The molecule has 0 atom stereocenters. The van der Waals surface area contributed by atoms with Gasteiger partial charge in [0.25, 0.3) is 0 Å². The number of rotatable bonds is 1. The molecule has 0 saturated carbocycles. The van der Waals surface area contributed by atoms with Gasteiger partial charge in [-0.3, -0.25) is 0 Å². The lowest BCUT2D eigenvalue weighted by molar-refractivity contribution is 0.526. The first-order valence-electron chi connectivity index (χ1n) is 3.99. The predicted molar refractivity (Wildman–Crippen MR) is 47.3 cm³/mol. The lowest BCUT2D eigenvalue weighted by Gasteiger charge is -1.97. The van der Waals surface area contributed by atoms with Crippen LogP contribution in [0, 0.1) is 12.7 Å². The average Bonchev–Trinajstić information content (AvgIpc) is 2.57. The van der Waals surface area contributed by atoms with Crippen LogP contribution in [0.25, 0.3) is 11.5 Å². The second-order valence-corrected chi connectivity index (χ2v) is 2.88. The minimum atomic E-state index is -0.652. The zero-order valence-electron chi connectivity index (χ0n) is 7.37. The molecule has 0 unspecified atom stereocenters. The summed E-state index contributed by atoms with van der Waals surface area (Å²) in [6.45, 7) is 1.65. The molecular formula is C9H7FN2O2. The molecule has 72 valence electrons. The van der Waals surface area contributed by atoms with Crippen LogP contribution in [0.2, 0.25) is 0 Å². The fourth-order valence-corrected chi connectivity index (χ4v) is 1.08. The number of nitrogens with zero attached hydrogens (tertiary/aromatic N) is 1. The van der Waals surface area contributed by atoms with Gasteiger partial charge in [-0.1, -0.05) is 6.07 Å². The third-order valence-electron chi connectivity index (χ3n) is 1.86. The molecule has 0 spiro atoms. The van der Waals surface area contributed by atoms with E-state index in [1.807, 2.05) is 0 Å². The maximum absolute atomic E-state index is 13.1. The molecule has 2 rings (SSSR count). The van der Waals surface area contributed by atoms with E-state index in [0.29, 0.717) is 11.1 Å². The van der Waals surface area contributed by atoms with Gasteiger partial charge < -0.3 is 4.42 Å². The highest BCUT2D eigenvalue weighted by Gasteiger charge is 2.06.